The van der Waals surface area contributed by atoms with E-state index in [4.69, 9.17) is 4.74 Å². The molecule has 0 radical (unpaired) electrons. The minimum Gasteiger partial charge on any atom is -0.370 e. The van der Waals surface area contributed by atoms with Crippen LogP contribution in [0.3, 0.4) is 0 Å². The monoisotopic (exact) mass is 502 g/mol. The molecular formula is C25H28F2N4O5. The Morgan fingerprint density at radius 2 is 2.08 bits per heavy atom. The van der Waals surface area contributed by atoms with Crippen molar-refractivity contribution >= 4 is 34.4 Å². The molecule has 1 aromatic heterocycles. The Morgan fingerprint density at radius 1 is 1.28 bits per heavy atom. The van der Waals surface area contributed by atoms with Crippen molar-refractivity contribution in [1.82, 2.24) is 20.5 Å². The summed E-state index contributed by atoms with van der Waals surface area (Å²) in [5, 5.41) is 5.56. The Balaban J connectivity index is 1.42. The highest BCUT2D eigenvalue weighted by Crippen LogP contribution is 2.43. The van der Waals surface area contributed by atoms with Crippen LogP contribution >= 0.6 is 0 Å². The van der Waals surface area contributed by atoms with E-state index in [0.29, 0.717) is 31.3 Å². The topological polar surface area (TPSA) is 121 Å². The zero-order chi connectivity index (χ0) is 25.4. The molecule has 2 saturated heterocycles. The van der Waals surface area contributed by atoms with E-state index < -0.39 is 53.7 Å². The van der Waals surface area contributed by atoms with E-state index in [1.807, 2.05) is 0 Å². The van der Waals surface area contributed by atoms with Gasteiger partial charge in [-0.3, -0.25) is 19.2 Å². The lowest BCUT2D eigenvalue weighted by Gasteiger charge is -2.53. The molecular weight excluding hydrogens is 474 g/mol. The molecule has 3 amide bonds. The van der Waals surface area contributed by atoms with Crippen LogP contribution in [0.25, 0.3) is 10.9 Å². The first-order valence-electron chi connectivity index (χ1n) is 12.2. The number of alkyl halides is 1. The number of Topliss-reactive ketones (excluding diaryl/α,β-unsaturated/α-hetero) is 1. The first kappa shape index (κ1) is 24.4. The number of ether oxygens (including phenoxy) is 1. The molecule has 3 atom stereocenters. The van der Waals surface area contributed by atoms with Crippen LogP contribution in [0.1, 0.15) is 42.6 Å². The van der Waals surface area contributed by atoms with Gasteiger partial charge in [-0.25, -0.2) is 8.78 Å². The normalized spacial score (nSPS) is 23.8. The van der Waals surface area contributed by atoms with Crippen molar-refractivity contribution in [3.63, 3.8) is 0 Å². The lowest BCUT2D eigenvalue weighted by atomic mass is 9.72. The number of ketones is 1. The summed E-state index contributed by atoms with van der Waals surface area (Å²) in [6.07, 6.45) is 2.36. The maximum atomic E-state index is 14.2. The molecule has 1 aliphatic carbocycles. The number of rotatable bonds is 7. The predicted octanol–water partition coefficient (Wildman–Crippen LogP) is 1.62. The molecule has 0 bridgehead atoms. The fourth-order valence-electron chi connectivity index (χ4n) is 5.54. The van der Waals surface area contributed by atoms with Crippen molar-refractivity contribution in [3.05, 3.63) is 35.8 Å². The van der Waals surface area contributed by atoms with Crippen molar-refractivity contribution in [2.24, 2.45) is 5.92 Å². The highest BCUT2D eigenvalue weighted by molar-refractivity contribution is 6.01. The van der Waals surface area contributed by atoms with Gasteiger partial charge in [0.2, 0.25) is 11.8 Å². The average Bonchev–Trinajstić information content (AvgIpc) is 3.48. The SMILES string of the molecule is O=C1NCC[C@@H]1C[C@@H](NC(=O)[C@H]1N(C(=O)c2cc3c(F)cccc3[nH]2)CCOC12CCC2)C(=O)CF. The van der Waals surface area contributed by atoms with Gasteiger partial charge in [0.05, 0.1) is 18.2 Å². The third kappa shape index (κ3) is 4.25. The molecule has 5 rings (SSSR count). The summed E-state index contributed by atoms with van der Waals surface area (Å²) < 4.78 is 33.6. The maximum absolute atomic E-state index is 14.2. The third-order valence-corrected chi connectivity index (χ3v) is 7.60. The van der Waals surface area contributed by atoms with E-state index in [1.165, 1.54) is 23.1 Å². The summed E-state index contributed by atoms with van der Waals surface area (Å²) in [6, 6.07) is 3.64. The molecule has 3 fully saturated rings. The zero-order valence-corrected chi connectivity index (χ0v) is 19.6. The van der Waals surface area contributed by atoms with Gasteiger partial charge in [0, 0.05) is 29.9 Å². The van der Waals surface area contributed by atoms with E-state index in [-0.39, 0.29) is 36.6 Å². The number of nitrogens with zero attached hydrogens (tertiary/aromatic N) is 1. The van der Waals surface area contributed by atoms with Crippen LogP contribution in [-0.2, 0) is 19.1 Å². The van der Waals surface area contributed by atoms with Crippen LogP contribution in [0.4, 0.5) is 8.78 Å². The fraction of sp³-hybridized carbons (Fsp3) is 0.520. The number of aromatic nitrogens is 1. The quantitative estimate of drug-likeness (QED) is 0.532. The highest BCUT2D eigenvalue weighted by Gasteiger charge is 2.55. The van der Waals surface area contributed by atoms with Gasteiger partial charge in [-0.2, -0.15) is 0 Å². The van der Waals surface area contributed by atoms with Gasteiger partial charge in [-0.05, 0) is 50.3 Å². The molecule has 36 heavy (non-hydrogen) atoms. The van der Waals surface area contributed by atoms with Crippen LogP contribution < -0.4 is 10.6 Å². The van der Waals surface area contributed by atoms with Gasteiger partial charge in [-0.15, -0.1) is 0 Å². The van der Waals surface area contributed by atoms with E-state index in [1.54, 1.807) is 6.07 Å². The lowest BCUT2D eigenvalue weighted by Crippen LogP contribution is -2.69. The summed E-state index contributed by atoms with van der Waals surface area (Å²) in [7, 11) is 0. The van der Waals surface area contributed by atoms with E-state index >= 15 is 0 Å². The number of nitrogens with one attached hydrogen (secondary N) is 3. The number of benzene rings is 1. The Morgan fingerprint density at radius 3 is 2.72 bits per heavy atom. The van der Waals surface area contributed by atoms with E-state index in [9.17, 15) is 28.0 Å². The number of morpholine rings is 1. The summed E-state index contributed by atoms with van der Waals surface area (Å²) >= 11 is 0. The second-order valence-electron chi connectivity index (χ2n) is 9.73. The first-order chi connectivity index (χ1) is 17.3. The largest absolute Gasteiger partial charge is 0.370 e. The van der Waals surface area contributed by atoms with Gasteiger partial charge in [0.25, 0.3) is 5.91 Å². The van der Waals surface area contributed by atoms with Crippen LogP contribution in [0, 0.1) is 11.7 Å². The minimum atomic E-state index is -1.28. The fourth-order valence-corrected chi connectivity index (χ4v) is 5.54. The number of halogens is 2. The number of fused-ring (bicyclic) bond motifs is 1. The van der Waals surface area contributed by atoms with Crippen LogP contribution in [0.15, 0.2) is 24.3 Å². The molecule has 2 aliphatic heterocycles. The number of carbonyl (C=O) groups excluding carboxylic acids is 4. The summed E-state index contributed by atoms with van der Waals surface area (Å²) in [5.74, 6) is -3.17. The number of hydrogen-bond donors (Lipinski definition) is 3. The van der Waals surface area contributed by atoms with Gasteiger partial charge < -0.3 is 25.3 Å². The number of H-pyrrole nitrogens is 1. The van der Waals surface area contributed by atoms with Gasteiger partial charge in [0.1, 0.15) is 24.2 Å². The van der Waals surface area contributed by atoms with Crippen molar-refractivity contribution in [2.75, 3.05) is 26.4 Å². The molecule has 9 nitrogen and oxygen atoms in total. The predicted molar refractivity (Wildman–Crippen MR) is 124 cm³/mol. The summed E-state index contributed by atoms with van der Waals surface area (Å²) in [4.78, 5) is 55.9. The summed E-state index contributed by atoms with van der Waals surface area (Å²) in [5.41, 5.74) is -0.332. The molecule has 11 heteroatoms. The molecule has 1 spiro atoms. The second-order valence-corrected chi connectivity index (χ2v) is 9.73. The third-order valence-electron chi connectivity index (χ3n) is 7.60. The zero-order valence-electron chi connectivity index (χ0n) is 19.6. The molecule has 3 aliphatic rings. The van der Waals surface area contributed by atoms with Gasteiger partial charge in [0.15, 0.2) is 5.78 Å². The van der Waals surface area contributed by atoms with Crippen molar-refractivity contribution < 1.29 is 32.7 Å². The van der Waals surface area contributed by atoms with E-state index in [2.05, 4.69) is 15.6 Å². The minimum absolute atomic E-state index is 0.0177. The van der Waals surface area contributed by atoms with Gasteiger partial charge >= 0.3 is 0 Å². The van der Waals surface area contributed by atoms with Crippen LogP contribution in [-0.4, -0.2) is 77.4 Å². The molecule has 192 valence electrons. The Hall–Kier alpha value is -3.34. The van der Waals surface area contributed by atoms with Crippen molar-refractivity contribution in [1.29, 1.82) is 0 Å². The number of amides is 3. The highest BCUT2D eigenvalue weighted by atomic mass is 19.1. The van der Waals surface area contributed by atoms with Gasteiger partial charge in [-0.1, -0.05) is 6.07 Å². The molecule has 1 aromatic carbocycles. The average molecular weight is 503 g/mol. The first-order valence-corrected chi connectivity index (χ1v) is 12.2. The molecule has 0 unspecified atom stereocenters. The Bertz CT molecular complexity index is 1210. The van der Waals surface area contributed by atoms with Crippen LogP contribution in [0.2, 0.25) is 0 Å². The molecule has 3 heterocycles. The van der Waals surface area contributed by atoms with Crippen LogP contribution in [0.5, 0.6) is 0 Å². The maximum Gasteiger partial charge on any atom is 0.271 e. The molecule has 1 saturated carbocycles. The summed E-state index contributed by atoms with van der Waals surface area (Å²) in [6.45, 7) is -0.488. The Labute approximate surface area is 205 Å². The van der Waals surface area contributed by atoms with E-state index in [0.717, 1.165) is 6.42 Å². The van der Waals surface area contributed by atoms with Crippen molar-refractivity contribution in [3.8, 4) is 0 Å². The molecule has 3 N–H and O–H groups in total. The number of aromatic amines is 1. The lowest BCUT2D eigenvalue weighted by molar-refractivity contribution is -0.184. The van der Waals surface area contributed by atoms with Crippen molar-refractivity contribution in [2.45, 2.75) is 49.8 Å². The smallest absolute Gasteiger partial charge is 0.271 e. The standard InChI is InChI=1S/C25H28F2N4O5/c26-13-20(32)18(11-14-5-8-28-22(14)33)30-23(34)21-25(6-2-7-25)36-10-9-31(21)24(35)19-12-15-16(27)3-1-4-17(15)29-19/h1,3-4,12,14,18,21,29H,2,5-11,13H2,(H,28,33)(H,30,34)/t14-,18-,21-/m1/s1. The second kappa shape index (κ2) is 9.61. The Kier molecular flexibility index (Phi) is 6.50. The number of carbonyl (C=O) groups is 4. The molecule has 2 aromatic rings. The number of hydrogen-bond acceptors (Lipinski definition) is 5.